The first-order valence-corrected chi connectivity index (χ1v) is 5.57. The summed E-state index contributed by atoms with van der Waals surface area (Å²) in [5, 5.41) is 9.33. The highest BCUT2D eigenvalue weighted by atomic mass is 16.5. The molecule has 0 spiro atoms. The average molecular weight is 237 g/mol. The summed E-state index contributed by atoms with van der Waals surface area (Å²) in [5.41, 5.74) is 5.97. The normalized spacial score (nSPS) is 18.8. The van der Waals surface area contributed by atoms with Gasteiger partial charge in [-0.1, -0.05) is 0 Å². The van der Waals surface area contributed by atoms with Gasteiger partial charge in [-0.2, -0.15) is 0 Å². The van der Waals surface area contributed by atoms with Crippen LogP contribution in [0.4, 0.5) is 5.95 Å². The fourth-order valence-electron chi connectivity index (χ4n) is 2.18. The van der Waals surface area contributed by atoms with E-state index >= 15 is 0 Å². The van der Waals surface area contributed by atoms with E-state index < -0.39 is 11.9 Å². The minimum atomic E-state index is -0.866. The molecule has 1 atom stereocenters. The van der Waals surface area contributed by atoms with Gasteiger partial charge in [0, 0.05) is 19.4 Å². The van der Waals surface area contributed by atoms with Gasteiger partial charge in [0.25, 0.3) is 0 Å². The molecule has 17 heavy (non-hydrogen) atoms. The number of nitrogen functional groups attached to an aromatic ring is 1. The van der Waals surface area contributed by atoms with Gasteiger partial charge < -0.3 is 15.6 Å². The Morgan fingerprint density at radius 3 is 2.82 bits per heavy atom. The zero-order valence-electron chi connectivity index (χ0n) is 9.37. The van der Waals surface area contributed by atoms with Gasteiger partial charge in [0.15, 0.2) is 0 Å². The highest BCUT2D eigenvalue weighted by Gasteiger charge is 2.32. The Labute approximate surface area is 98.8 Å². The topological polar surface area (TPSA) is 98.3 Å². The van der Waals surface area contributed by atoms with Crippen LogP contribution in [0, 0.1) is 5.92 Å². The first-order chi connectivity index (χ1) is 8.18. The van der Waals surface area contributed by atoms with E-state index in [4.69, 9.17) is 10.5 Å². The molecule has 0 radical (unpaired) electrons. The average Bonchev–Trinajstić information content (AvgIpc) is 2.30. The van der Waals surface area contributed by atoms with Gasteiger partial charge in [0.05, 0.1) is 5.69 Å². The van der Waals surface area contributed by atoms with Crippen molar-refractivity contribution in [2.45, 2.75) is 18.8 Å². The van der Waals surface area contributed by atoms with Crippen LogP contribution < -0.4 is 5.73 Å². The monoisotopic (exact) mass is 237 g/mol. The first kappa shape index (κ1) is 11.8. The number of anilines is 1. The number of carboxylic acid groups (broad SMARTS) is 1. The van der Waals surface area contributed by atoms with Crippen LogP contribution in [0.15, 0.2) is 12.3 Å². The number of carboxylic acids is 1. The maximum absolute atomic E-state index is 11.4. The van der Waals surface area contributed by atoms with Crippen LogP contribution in [0.2, 0.25) is 0 Å². The fourth-order valence-corrected chi connectivity index (χ4v) is 2.18. The number of nitrogens with two attached hydrogens (primary N) is 1. The molecule has 6 heteroatoms. The molecule has 6 nitrogen and oxygen atoms in total. The number of hydrogen-bond donors (Lipinski definition) is 2. The van der Waals surface area contributed by atoms with Crippen LogP contribution in [0.1, 0.15) is 24.5 Å². The second-order valence-electron chi connectivity index (χ2n) is 4.11. The lowest BCUT2D eigenvalue weighted by molar-refractivity contribution is -0.141. The van der Waals surface area contributed by atoms with Crippen LogP contribution in [-0.2, 0) is 9.53 Å². The Morgan fingerprint density at radius 1 is 1.53 bits per heavy atom. The molecule has 0 bridgehead atoms. The Hall–Kier alpha value is -1.69. The summed E-state index contributed by atoms with van der Waals surface area (Å²) in [5.74, 6) is -1.32. The summed E-state index contributed by atoms with van der Waals surface area (Å²) in [7, 11) is 0. The summed E-state index contributed by atoms with van der Waals surface area (Å²) < 4.78 is 5.24. The first-order valence-electron chi connectivity index (χ1n) is 5.57. The Kier molecular flexibility index (Phi) is 3.53. The zero-order valence-corrected chi connectivity index (χ0v) is 9.37. The quantitative estimate of drug-likeness (QED) is 0.801. The second-order valence-corrected chi connectivity index (χ2v) is 4.11. The predicted molar refractivity (Wildman–Crippen MR) is 60.4 cm³/mol. The third kappa shape index (κ3) is 2.71. The number of aromatic nitrogens is 2. The molecule has 2 heterocycles. The van der Waals surface area contributed by atoms with E-state index in [0.717, 1.165) is 12.8 Å². The van der Waals surface area contributed by atoms with Crippen molar-refractivity contribution in [2.24, 2.45) is 5.92 Å². The van der Waals surface area contributed by atoms with Crippen molar-refractivity contribution < 1.29 is 14.6 Å². The molecule has 1 aromatic rings. The summed E-state index contributed by atoms with van der Waals surface area (Å²) in [4.78, 5) is 19.2. The van der Waals surface area contributed by atoms with E-state index in [1.54, 1.807) is 6.07 Å². The highest BCUT2D eigenvalue weighted by Crippen LogP contribution is 2.31. The van der Waals surface area contributed by atoms with Crippen LogP contribution in [0.5, 0.6) is 0 Å². The molecule has 3 N–H and O–H groups in total. The molecule has 0 aromatic carbocycles. The Bertz CT molecular complexity index is 405. The largest absolute Gasteiger partial charge is 0.481 e. The van der Waals surface area contributed by atoms with Crippen molar-refractivity contribution in [3.63, 3.8) is 0 Å². The van der Waals surface area contributed by atoms with Gasteiger partial charge in [0.2, 0.25) is 5.95 Å². The van der Waals surface area contributed by atoms with E-state index in [2.05, 4.69) is 9.97 Å². The molecule has 0 amide bonds. The molecule has 2 rings (SSSR count). The molecule has 92 valence electrons. The molecule has 0 saturated carbocycles. The van der Waals surface area contributed by atoms with Crippen LogP contribution in [0.25, 0.3) is 0 Å². The summed E-state index contributed by atoms with van der Waals surface area (Å²) in [6.45, 7) is 1.21. The smallest absolute Gasteiger partial charge is 0.312 e. The zero-order chi connectivity index (χ0) is 12.3. The minimum Gasteiger partial charge on any atom is -0.481 e. The number of rotatable bonds is 3. The Morgan fingerprint density at radius 2 is 2.24 bits per heavy atom. The van der Waals surface area contributed by atoms with E-state index in [1.165, 1.54) is 6.20 Å². The lowest BCUT2D eigenvalue weighted by Gasteiger charge is -2.27. The minimum absolute atomic E-state index is 0.0514. The van der Waals surface area contributed by atoms with Crippen molar-refractivity contribution in [3.8, 4) is 0 Å². The molecule has 1 aliphatic rings. The molecule has 0 aliphatic carbocycles. The maximum Gasteiger partial charge on any atom is 0.312 e. The van der Waals surface area contributed by atoms with E-state index in [-0.39, 0.29) is 11.9 Å². The van der Waals surface area contributed by atoms with Crippen molar-refractivity contribution >= 4 is 11.9 Å². The summed E-state index contributed by atoms with van der Waals surface area (Å²) in [6.07, 6.45) is 2.97. The van der Waals surface area contributed by atoms with E-state index in [1.807, 2.05) is 0 Å². The molecular formula is C11H15N3O3. The van der Waals surface area contributed by atoms with Crippen LogP contribution in [0.3, 0.4) is 0 Å². The lowest BCUT2D eigenvalue weighted by Crippen LogP contribution is -2.28. The number of aliphatic carboxylic acids is 1. The van der Waals surface area contributed by atoms with Gasteiger partial charge in [-0.15, -0.1) is 0 Å². The predicted octanol–water partition coefficient (Wildman–Crippen LogP) is 0.654. The maximum atomic E-state index is 11.4. The van der Waals surface area contributed by atoms with Crippen LogP contribution >= 0.6 is 0 Å². The number of ether oxygens (including phenoxy) is 1. The van der Waals surface area contributed by atoms with E-state index in [0.29, 0.717) is 18.9 Å². The van der Waals surface area contributed by atoms with Gasteiger partial charge in [-0.05, 0) is 24.8 Å². The van der Waals surface area contributed by atoms with Crippen molar-refractivity contribution in [1.82, 2.24) is 9.97 Å². The third-order valence-corrected chi connectivity index (χ3v) is 3.02. The van der Waals surface area contributed by atoms with Crippen molar-refractivity contribution in [1.29, 1.82) is 0 Å². The molecule has 1 fully saturated rings. The fraction of sp³-hybridized carbons (Fsp3) is 0.545. The van der Waals surface area contributed by atoms with Crippen molar-refractivity contribution in [3.05, 3.63) is 18.0 Å². The van der Waals surface area contributed by atoms with Gasteiger partial charge >= 0.3 is 5.97 Å². The standard InChI is InChI=1S/C11H15N3O3/c12-11-13-4-1-8(14-11)9(10(15)16)7-2-5-17-6-3-7/h1,4,7,9H,2-3,5-6H2,(H,15,16)(H2,12,13,14). The SMILES string of the molecule is Nc1nccc(C(C(=O)O)C2CCOCC2)n1. The number of nitrogens with zero attached hydrogens (tertiary/aromatic N) is 2. The molecule has 1 saturated heterocycles. The van der Waals surface area contributed by atoms with Crippen LogP contribution in [-0.4, -0.2) is 34.3 Å². The molecular weight excluding hydrogens is 222 g/mol. The lowest BCUT2D eigenvalue weighted by atomic mass is 9.84. The van der Waals surface area contributed by atoms with Gasteiger partial charge in [-0.25, -0.2) is 9.97 Å². The van der Waals surface area contributed by atoms with Gasteiger partial charge in [-0.3, -0.25) is 4.79 Å². The Balaban J connectivity index is 2.25. The highest BCUT2D eigenvalue weighted by molar-refractivity contribution is 5.75. The molecule has 1 unspecified atom stereocenters. The molecule has 1 aliphatic heterocycles. The summed E-state index contributed by atoms with van der Waals surface area (Å²) >= 11 is 0. The van der Waals surface area contributed by atoms with Crippen molar-refractivity contribution in [2.75, 3.05) is 18.9 Å². The van der Waals surface area contributed by atoms with E-state index in [9.17, 15) is 9.90 Å². The number of hydrogen-bond acceptors (Lipinski definition) is 5. The number of carbonyl (C=O) groups is 1. The van der Waals surface area contributed by atoms with Gasteiger partial charge in [0.1, 0.15) is 5.92 Å². The molecule has 1 aromatic heterocycles. The summed E-state index contributed by atoms with van der Waals surface area (Å²) in [6, 6.07) is 1.62. The second kappa shape index (κ2) is 5.09. The third-order valence-electron chi connectivity index (χ3n) is 3.02.